The third-order valence-electron chi connectivity index (χ3n) is 3.57. The molecule has 2 rings (SSSR count). The summed E-state index contributed by atoms with van der Waals surface area (Å²) in [6, 6.07) is 9.05. The van der Waals surface area contributed by atoms with E-state index in [1.807, 2.05) is 13.0 Å². The van der Waals surface area contributed by atoms with Crippen molar-refractivity contribution in [2.45, 2.75) is 32.2 Å². The molecule has 0 spiro atoms. The van der Waals surface area contributed by atoms with Crippen molar-refractivity contribution in [1.82, 2.24) is 5.32 Å². The van der Waals surface area contributed by atoms with Crippen LogP contribution in [0.5, 0.6) is 0 Å². The highest BCUT2D eigenvalue weighted by atomic mass is 19.1. The second kappa shape index (κ2) is 4.85. The first-order valence-corrected chi connectivity index (χ1v) is 6.02. The van der Waals surface area contributed by atoms with Gasteiger partial charge in [0.15, 0.2) is 0 Å². The first kappa shape index (κ1) is 12.1. The van der Waals surface area contributed by atoms with Crippen LogP contribution in [0.4, 0.5) is 4.39 Å². The van der Waals surface area contributed by atoms with Gasteiger partial charge in [-0.1, -0.05) is 18.2 Å². The fraction of sp³-hybridized carbons (Fsp3) is 0.500. The predicted molar refractivity (Wildman–Crippen MR) is 64.7 cm³/mol. The smallest absolute Gasteiger partial charge is 0.127 e. The van der Waals surface area contributed by atoms with Gasteiger partial charge < -0.3 is 5.32 Å². The van der Waals surface area contributed by atoms with Gasteiger partial charge in [0.2, 0.25) is 0 Å². The van der Waals surface area contributed by atoms with Crippen LogP contribution in [0.15, 0.2) is 24.3 Å². The molecule has 0 aromatic heterocycles. The molecule has 1 aromatic rings. The number of hydrogen-bond acceptors (Lipinski definition) is 2. The molecule has 0 heterocycles. The fourth-order valence-corrected chi connectivity index (χ4v) is 2.07. The Bertz CT molecular complexity index is 432. The van der Waals surface area contributed by atoms with E-state index in [2.05, 4.69) is 11.4 Å². The van der Waals surface area contributed by atoms with Gasteiger partial charge in [-0.05, 0) is 31.2 Å². The van der Waals surface area contributed by atoms with Crippen LogP contribution in [0.2, 0.25) is 0 Å². The maximum absolute atomic E-state index is 13.5. The zero-order valence-corrected chi connectivity index (χ0v) is 10.0. The lowest BCUT2D eigenvalue weighted by Gasteiger charge is -2.18. The monoisotopic (exact) mass is 232 g/mol. The molecular weight excluding hydrogens is 215 g/mol. The minimum Gasteiger partial charge on any atom is -0.310 e. The van der Waals surface area contributed by atoms with Crippen molar-refractivity contribution in [3.05, 3.63) is 35.6 Å². The van der Waals surface area contributed by atoms with Crippen molar-refractivity contribution in [1.29, 1.82) is 5.26 Å². The SMILES string of the molecule is CC(NCC1(CC#N)CC1)c1ccccc1F. The highest BCUT2D eigenvalue weighted by Gasteiger charge is 2.42. The second-order valence-corrected chi connectivity index (χ2v) is 4.96. The molecule has 0 bridgehead atoms. The number of benzene rings is 1. The molecule has 1 unspecified atom stereocenters. The Kier molecular flexibility index (Phi) is 3.44. The van der Waals surface area contributed by atoms with Crippen molar-refractivity contribution >= 4 is 0 Å². The summed E-state index contributed by atoms with van der Waals surface area (Å²) in [5.41, 5.74) is 0.856. The standard InChI is InChI=1S/C14H17FN2/c1-11(12-4-2-3-5-13(12)15)17-10-14(6-7-14)8-9-16/h2-5,11,17H,6-8,10H2,1H3. The van der Waals surface area contributed by atoms with Crippen molar-refractivity contribution in [2.75, 3.05) is 6.54 Å². The van der Waals surface area contributed by atoms with E-state index in [0.29, 0.717) is 12.0 Å². The highest BCUT2D eigenvalue weighted by molar-refractivity contribution is 5.20. The van der Waals surface area contributed by atoms with E-state index in [4.69, 9.17) is 5.26 Å². The van der Waals surface area contributed by atoms with Gasteiger partial charge >= 0.3 is 0 Å². The van der Waals surface area contributed by atoms with Crippen LogP contribution >= 0.6 is 0 Å². The molecule has 90 valence electrons. The summed E-state index contributed by atoms with van der Waals surface area (Å²) in [6.45, 7) is 2.76. The van der Waals surface area contributed by atoms with Crippen LogP contribution in [0.3, 0.4) is 0 Å². The number of rotatable bonds is 5. The minimum atomic E-state index is -0.169. The summed E-state index contributed by atoms with van der Waals surface area (Å²) in [5, 5.41) is 12.1. The molecule has 0 radical (unpaired) electrons. The number of nitriles is 1. The van der Waals surface area contributed by atoms with Crippen LogP contribution < -0.4 is 5.32 Å². The number of nitrogens with one attached hydrogen (secondary N) is 1. The van der Waals surface area contributed by atoms with Crippen molar-refractivity contribution in [2.24, 2.45) is 5.41 Å². The van der Waals surface area contributed by atoms with E-state index in [-0.39, 0.29) is 17.3 Å². The number of nitrogens with zero attached hydrogens (tertiary/aromatic N) is 1. The molecule has 1 aliphatic rings. The van der Waals surface area contributed by atoms with E-state index in [1.165, 1.54) is 6.07 Å². The van der Waals surface area contributed by atoms with Gasteiger partial charge in [-0.25, -0.2) is 4.39 Å². The molecule has 0 saturated heterocycles. The lowest BCUT2D eigenvalue weighted by molar-refractivity contribution is 0.425. The summed E-state index contributed by atoms with van der Waals surface area (Å²) in [5.74, 6) is -0.169. The maximum atomic E-state index is 13.5. The Morgan fingerprint density at radius 2 is 2.18 bits per heavy atom. The number of halogens is 1. The third kappa shape index (κ3) is 2.83. The van der Waals surface area contributed by atoms with Gasteiger partial charge in [0.25, 0.3) is 0 Å². The lowest BCUT2D eigenvalue weighted by atomic mass is 10.0. The molecule has 1 atom stereocenters. The molecular formula is C14H17FN2. The molecule has 1 saturated carbocycles. The lowest BCUT2D eigenvalue weighted by Crippen LogP contribution is -2.27. The topological polar surface area (TPSA) is 35.8 Å². The van der Waals surface area contributed by atoms with E-state index in [0.717, 1.165) is 19.4 Å². The zero-order valence-electron chi connectivity index (χ0n) is 10.0. The Balaban J connectivity index is 1.92. The normalized spacial score (nSPS) is 18.4. The van der Waals surface area contributed by atoms with Gasteiger partial charge in [0.1, 0.15) is 5.82 Å². The van der Waals surface area contributed by atoms with Crippen molar-refractivity contribution in [3.8, 4) is 6.07 Å². The molecule has 3 heteroatoms. The molecule has 2 nitrogen and oxygen atoms in total. The summed E-state index contributed by atoms with van der Waals surface area (Å²) < 4.78 is 13.5. The first-order chi connectivity index (χ1) is 8.17. The average molecular weight is 232 g/mol. The van der Waals surface area contributed by atoms with Gasteiger partial charge in [-0.15, -0.1) is 0 Å². The summed E-state index contributed by atoms with van der Waals surface area (Å²) in [6.07, 6.45) is 2.82. The van der Waals surface area contributed by atoms with Gasteiger partial charge in [0, 0.05) is 24.6 Å². The predicted octanol–water partition coefficient (Wildman–Crippen LogP) is 3.17. The number of hydrogen-bond donors (Lipinski definition) is 1. The van der Waals surface area contributed by atoms with E-state index in [1.54, 1.807) is 12.1 Å². The fourth-order valence-electron chi connectivity index (χ4n) is 2.07. The van der Waals surface area contributed by atoms with Crippen LogP contribution in [-0.4, -0.2) is 6.54 Å². The van der Waals surface area contributed by atoms with Gasteiger partial charge in [0.05, 0.1) is 6.07 Å². The largest absolute Gasteiger partial charge is 0.310 e. The average Bonchev–Trinajstić information content (AvgIpc) is 3.08. The Labute approximate surface area is 101 Å². The first-order valence-electron chi connectivity index (χ1n) is 6.02. The van der Waals surface area contributed by atoms with Gasteiger partial charge in [-0.3, -0.25) is 0 Å². The Morgan fingerprint density at radius 3 is 2.76 bits per heavy atom. The van der Waals surface area contributed by atoms with Crippen LogP contribution in [0.25, 0.3) is 0 Å². The Morgan fingerprint density at radius 1 is 1.47 bits per heavy atom. The second-order valence-electron chi connectivity index (χ2n) is 4.96. The van der Waals surface area contributed by atoms with E-state index in [9.17, 15) is 4.39 Å². The van der Waals surface area contributed by atoms with Crippen LogP contribution in [-0.2, 0) is 0 Å². The molecule has 17 heavy (non-hydrogen) atoms. The molecule has 1 aliphatic carbocycles. The summed E-state index contributed by atoms with van der Waals surface area (Å²) in [7, 11) is 0. The molecule has 0 aliphatic heterocycles. The molecule has 1 N–H and O–H groups in total. The third-order valence-corrected chi connectivity index (χ3v) is 3.57. The van der Waals surface area contributed by atoms with Crippen molar-refractivity contribution in [3.63, 3.8) is 0 Å². The van der Waals surface area contributed by atoms with Crippen molar-refractivity contribution < 1.29 is 4.39 Å². The summed E-state index contributed by atoms with van der Waals surface area (Å²) >= 11 is 0. The Hall–Kier alpha value is -1.40. The minimum absolute atomic E-state index is 0.00707. The zero-order chi connectivity index (χ0) is 12.3. The van der Waals surface area contributed by atoms with Crippen LogP contribution in [0.1, 0.15) is 37.8 Å². The molecule has 1 fully saturated rings. The molecule has 1 aromatic carbocycles. The van der Waals surface area contributed by atoms with Crippen LogP contribution in [0, 0.1) is 22.6 Å². The van der Waals surface area contributed by atoms with Gasteiger partial charge in [-0.2, -0.15) is 5.26 Å². The summed E-state index contributed by atoms with van der Waals surface area (Å²) in [4.78, 5) is 0. The van der Waals surface area contributed by atoms with E-state index < -0.39 is 0 Å². The maximum Gasteiger partial charge on any atom is 0.127 e. The quantitative estimate of drug-likeness (QED) is 0.846. The van der Waals surface area contributed by atoms with E-state index >= 15 is 0 Å². The molecule has 0 amide bonds. The highest BCUT2D eigenvalue weighted by Crippen LogP contribution is 2.48.